The summed E-state index contributed by atoms with van der Waals surface area (Å²) in [5.41, 5.74) is 8.05. The van der Waals surface area contributed by atoms with E-state index in [1.54, 1.807) is 6.08 Å². The minimum absolute atomic E-state index is 0. The van der Waals surface area contributed by atoms with Crippen LogP contribution < -0.4 is 16.0 Å². The molecule has 0 radical (unpaired) electrons. The lowest BCUT2D eigenvalue weighted by Gasteiger charge is -2.33. The lowest BCUT2D eigenvalue weighted by molar-refractivity contribution is -0.115. The SMILES string of the molecule is Cl.N[C@@H]1CCCN(c2ccccc2/C=C2\SC(=O)NC2=O)C1. The summed E-state index contributed by atoms with van der Waals surface area (Å²) in [5.74, 6) is -0.324. The molecule has 2 heterocycles. The standard InChI is InChI=1S/C15H17N3O2S.ClH/c16-11-5-3-7-18(9-11)12-6-2-1-4-10(12)8-13-14(19)17-15(20)21-13;/h1-2,4,6,8,11H,3,5,7,9,16H2,(H,17,19,20);1H/b13-8-;/t11-;/m1./s1. The molecule has 0 aliphatic carbocycles. The monoisotopic (exact) mass is 339 g/mol. The molecule has 5 nitrogen and oxygen atoms in total. The van der Waals surface area contributed by atoms with Crippen LogP contribution in [0.5, 0.6) is 0 Å². The van der Waals surface area contributed by atoms with Gasteiger partial charge in [0.05, 0.1) is 4.91 Å². The van der Waals surface area contributed by atoms with Crippen LogP contribution in [0.2, 0.25) is 0 Å². The lowest BCUT2D eigenvalue weighted by Crippen LogP contribution is -2.43. The summed E-state index contributed by atoms with van der Waals surface area (Å²) >= 11 is 0.943. The van der Waals surface area contributed by atoms with Crippen LogP contribution in [0.25, 0.3) is 6.08 Å². The van der Waals surface area contributed by atoms with Gasteiger partial charge < -0.3 is 10.6 Å². The van der Waals surface area contributed by atoms with E-state index in [4.69, 9.17) is 5.73 Å². The van der Waals surface area contributed by atoms with E-state index >= 15 is 0 Å². The fraction of sp³-hybridized carbons (Fsp3) is 0.333. The van der Waals surface area contributed by atoms with Gasteiger partial charge in [0.1, 0.15) is 0 Å². The predicted molar refractivity (Wildman–Crippen MR) is 92.2 cm³/mol. The summed E-state index contributed by atoms with van der Waals surface area (Å²) < 4.78 is 0. The number of nitrogens with one attached hydrogen (secondary N) is 1. The summed E-state index contributed by atoms with van der Waals surface area (Å²) in [4.78, 5) is 25.6. The van der Waals surface area contributed by atoms with Crippen LogP contribution in [-0.4, -0.2) is 30.3 Å². The highest BCUT2D eigenvalue weighted by Gasteiger charge is 2.26. The van der Waals surface area contributed by atoms with Gasteiger partial charge in [0, 0.05) is 24.8 Å². The Kier molecular flexibility index (Phi) is 5.50. The Morgan fingerprint density at radius 3 is 2.77 bits per heavy atom. The number of piperidine rings is 1. The topological polar surface area (TPSA) is 75.4 Å². The van der Waals surface area contributed by atoms with Crippen molar-refractivity contribution >= 4 is 47.1 Å². The molecule has 0 spiro atoms. The quantitative estimate of drug-likeness (QED) is 0.809. The second kappa shape index (κ2) is 7.17. The number of amides is 2. The summed E-state index contributed by atoms with van der Waals surface area (Å²) in [7, 11) is 0. The molecule has 7 heteroatoms. The van der Waals surface area contributed by atoms with Crippen molar-refractivity contribution in [2.75, 3.05) is 18.0 Å². The first-order valence-corrected chi connectivity index (χ1v) is 7.79. The van der Waals surface area contributed by atoms with Crippen molar-refractivity contribution in [1.82, 2.24) is 5.32 Å². The number of thioether (sulfide) groups is 1. The van der Waals surface area contributed by atoms with Crippen molar-refractivity contribution in [2.24, 2.45) is 5.73 Å². The fourth-order valence-corrected chi connectivity index (χ4v) is 3.36. The summed E-state index contributed by atoms with van der Waals surface area (Å²) in [6.07, 6.45) is 3.90. The van der Waals surface area contributed by atoms with E-state index in [0.29, 0.717) is 4.91 Å². The molecular weight excluding hydrogens is 322 g/mol. The van der Waals surface area contributed by atoms with Crippen LogP contribution in [-0.2, 0) is 4.79 Å². The van der Waals surface area contributed by atoms with E-state index in [1.165, 1.54) is 0 Å². The Hall–Kier alpha value is -1.50. The molecule has 1 aromatic rings. The van der Waals surface area contributed by atoms with Gasteiger partial charge in [-0.15, -0.1) is 12.4 Å². The van der Waals surface area contributed by atoms with Gasteiger partial charge in [-0.25, -0.2) is 0 Å². The summed E-state index contributed by atoms with van der Waals surface area (Å²) in [5, 5.41) is 1.96. The van der Waals surface area contributed by atoms with Gasteiger partial charge in [-0.3, -0.25) is 14.9 Å². The van der Waals surface area contributed by atoms with Gasteiger partial charge in [-0.2, -0.15) is 0 Å². The van der Waals surface area contributed by atoms with Crippen LogP contribution in [0.15, 0.2) is 29.2 Å². The molecular formula is C15H18ClN3O2S. The molecule has 0 saturated carbocycles. The zero-order valence-electron chi connectivity index (χ0n) is 12.0. The third kappa shape index (κ3) is 3.63. The molecule has 2 fully saturated rings. The minimum Gasteiger partial charge on any atom is -0.369 e. The number of rotatable bonds is 2. The van der Waals surface area contributed by atoms with Gasteiger partial charge in [-0.05, 0) is 42.3 Å². The molecule has 1 aromatic carbocycles. The van der Waals surface area contributed by atoms with Crippen LogP contribution in [0.4, 0.5) is 10.5 Å². The highest BCUT2D eigenvalue weighted by Crippen LogP contribution is 2.30. The average molecular weight is 340 g/mol. The largest absolute Gasteiger partial charge is 0.369 e. The molecule has 118 valence electrons. The lowest BCUT2D eigenvalue weighted by atomic mass is 10.0. The van der Waals surface area contributed by atoms with Crippen molar-refractivity contribution in [1.29, 1.82) is 0 Å². The van der Waals surface area contributed by atoms with E-state index in [9.17, 15) is 9.59 Å². The number of para-hydroxylation sites is 1. The van der Waals surface area contributed by atoms with Gasteiger partial charge in [-0.1, -0.05) is 18.2 Å². The number of imide groups is 1. The molecule has 2 aliphatic rings. The Morgan fingerprint density at radius 2 is 2.09 bits per heavy atom. The third-order valence-corrected chi connectivity index (χ3v) is 4.47. The Bertz CT molecular complexity index is 621. The number of hydrogen-bond donors (Lipinski definition) is 2. The van der Waals surface area contributed by atoms with Crippen molar-refractivity contribution in [2.45, 2.75) is 18.9 Å². The first-order valence-electron chi connectivity index (χ1n) is 6.98. The summed E-state index contributed by atoms with van der Waals surface area (Å²) in [6.45, 7) is 1.78. The zero-order chi connectivity index (χ0) is 14.8. The number of halogens is 1. The molecule has 0 unspecified atom stereocenters. The molecule has 3 N–H and O–H groups in total. The van der Waals surface area contributed by atoms with Gasteiger partial charge in [0.25, 0.3) is 11.1 Å². The summed E-state index contributed by atoms with van der Waals surface area (Å²) in [6, 6.07) is 8.08. The van der Waals surface area contributed by atoms with E-state index < -0.39 is 0 Å². The molecule has 22 heavy (non-hydrogen) atoms. The Morgan fingerprint density at radius 1 is 1.32 bits per heavy atom. The maximum atomic E-state index is 11.7. The van der Waals surface area contributed by atoms with E-state index in [1.807, 2.05) is 24.3 Å². The molecule has 2 aliphatic heterocycles. The van der Waals surface area contributed by atoms with Crippen molar-refractivity contribution in [3.8, 4) is 0 Å². The normalized spacial score (nSPS) is 23.4. The van der Waals surface area contributed by atoms with Gasteiger partial charge in [0.15, 0.2) is 0 Å². The highest BCUT2D eigenvalue weighted by atomic mass is 35.5. The average Bonchev–Trinajstić information content (AvgIpc) is 2.77. The smallest absolute Gasteiger partial charge is 0.290 e. The first kappa shape index (κ1) is 16.9. The number of anilines is 1. The van der Waals surface area contributed by atoms with Crippen molar-refractivity contribution in [3.63, 3.8) is 0 Å². The van der Waals surface area contributed by atoms with Crippen LogP contribution >= 0.6 is 24.2 Å². The third-order valence-electron chi connectivity index (χ3n) is 3.66. The number of nitrogens with zero attached hydrogens (tertiary/aromatic N) is 1. The molecule has 1 atom stereocenters. The Labute approximate surface area is 139 Å². The molecule has 2 amide bonds. The maximum Gasteiger partial charge on any atom is 0.290 e. The van der Waals surface area contributed by atoms with Crippen LogP contribution in [0, 0.1) is 0 Å². The Balaban J connectivity index is 0.00000176. The number of carbonyl (C=O) groups is 2. The van der Waals surface area contributed by atoms with Crippen molar-refractivity contribution in [3.05, 3.63) is 34.7 Å². The number of benzene rings is 1. The minimum atomic E-state index is -0.324. The van der Waals surface area contributed by atoms with Gasteiger partial charge in [0.2, 0.25) is 0 Å². The number of hydrogen-bond acceptors (Lipinski definition) is 5. The maximum absolute atomic E-state index is 11.7. The molecule has 0 aromatic heterocycles. The fourth-order valence-electron chi connectivity index (χ4n) is 2.69. The molecule has 3 rings (SSSR count). The first-order chi connectivity index (χ1) is 10.1. The molecule has 0 bridgehead atoms. The number of nitrogens with two attached hydrogens (primary N) is 1. The number of carbonyl (C=O) groups excluding carboxylic acids is 2. The van der Waals surface area contributed by atoms with E-state index in [2.05, 4.69) is 10.2 Å². The van der Waals surface area contributed by atoms with E-state index in [0.717, 1.165) is 48.9 Å². The highest BCUT2D eigenvalue weighted by molar-refractivity contribution is 8.18. The molecule has 2 saturated heterocycles. The van der Waals surface area contributed by atoms with Crippen LogP contribution in [0.3, 0.4) is 0 Å². The second-order valence-corrected chi connectivity index (χ2v) is 6.27. The van der Waals surface area contributed by atoms with Crippen molar-refractivity contribution < 1.29 is 9.59 Å². The van der Waals surface area contributed by atoms with Gasteiger partial charge >= 0.3 is 0 Å². The second-order valence-electron chi connectivity index (χ2n) is 5.26. The van der Waals surface area contributed by atoms with Crippen LogP contribution in [0.1, 0.15) is 18.4 Å². The zero-order valence-corrected chi connectivity index (χ0v) is 13.6. The predicted octanol–water partition coefficient (Wildman–Crippen LogP) is 2.36. The van der Waals surface area contributed by atoms with E-state index in [-0.39, 0.29) is 29.6 Å².